The number of rotatable bonds is 6. The van der Waals surface area contributed by atoms with Crippen LogP contribution in [0, 0.1) is 0 Å². The molecule has 7 heteroatoms. The molecular formula is C17H22BrN3O3. The van der Waals surface area contributed by atoms with Crippen molar-refractivity contribution in [3.05, 3.63) is 41.4 Å². The van der Waals surface area contributed by atoms with Gasteiger partial charge in [0.25, 0.3) is 0 Å². The van der Waals surface area contributed by atoms with Crippen molar-refractivity contribution >= 4 is 22.0 Å². The van der Waals surface area contributed by atoms with Gasteiger partial charge in [-0.25, -0.2) is 9.78 Å². The van der Waals surface area contributed by atoms with Gasteiger partial charge in [-0.1, -0.05) is 12.1 Å². The van der Waals surface area contributed by atoms with Crippen molar-refractivity contribution in [2.75, 3.05) is 13.2 Å². The van der Waals surface area contributed by atoms with Gasteiger partial charge >= 0.3 is 6.09 Å². The quantitative estimate of drug-likeness (QED) is 0.752. The van der Waals surface area contributed by atoms with E-state index in [0.29, 0.717) is 19.6 Å². The highest BCUT2D eigenvalue weighted by atomic mass is 79.9. The van der Waals surface area contributed by atoms with E-state index in [1.807, 2.05) is 55.8 Å². The zero-order chi connectivity index (χ0) is 17.6. The lowest BCUT2D eigenvalue weighted by Crippen LogP contribution is -2.33. The first-order valence-electron chi connectivity index (χ1n) is 7.74. The summed E-state index contributed by atoms with van der Waals surface area (Å²) in [6, 6.07) is 7.73. The molecule has 0 saturated heterocycles. The van der Waals surface area contributed by atoms with Crippen molar-refractivity contribution < 1.29 is 14.3 Å². The van der Waals surface area contributed by atoms with E-state index in [0.717, 1.165) is 16.0 Å². The van der Waals surface area contributed by atoms with E-state index < -0.39 is 11.7 Å². The number of imidazole rings is 1. The number of carbonyl (C=O) groups is 1. The Kier molecular flexibility index (Phi) is 6.25. The molecule has 0 bridgehead atoms. The van der Waals surface area contributed by atoms with Gasteiger partial charge in [-0.05, 0) is 55.3 Å². The highest BCUT2D eigenvalue weighted by Crippen LogP contribution is 2.23. The van der Waals surface area contributed by atoms with E-state index in [1.54, 1.807) is 6.33 Å². The summed E-state index contributed by atoms with van der Waals surface area (Å²) in [5, 5.41) is 2.71. The summed E-state index contributed by atoms with van der Waals surface area (Å²) in [6.07, 6.45) is 3.86. The van der Waals surface area contributed by atoms with Gasteiger partial charge in [0.15, 0.2) is 0 Å². The van der Waals surface area contributed by atoms with E-state index in [9.17, 15) is 4.79 Å². The molecule has 1 aromatic heterocycles. The number of halogens is 1. The number of nitrogens with zero attached hydrogens (tertiary/aromatic N) is 2. The minimum Gasteiger partial charge on any atom is -0.491 e. The van der Waals surface area contributed by atoms with E-state index in [4.69, 9.17) is 9.47 Å². The van der Waals surface area contributed by atoms with Crippen molar-refractivity contribution in [2.24, 2.45) is 0 Å². The van der Waals surface area contributed by atoms with Crippen molar-refractivity contribution in [1.29, 1.82) is 0 Å². The second-order valence-electron chi connectivity index (χ2n) is 6.20. The average Bonchev–Trinajstić information content (AvgIpc) is 2.92. The van der Waals surface area contributed by atoms with Crippen LogP contribution in [-0.2, 0) is 4.74 Å². The van der Waals surface area contributed by atoms with Crippen LogP contribution in [-0.4, -0.2) is 34.4 Å². The molecule has 0 aliphatic heterocycles. The summed E-state index contributed by atoms with van der Waals surface area (Å²) < 4.78 is 13.7. The molecule has 1 N–H and O–H groups in total. The molecule has 0 aliphatic rings. The van der Waals surface area contributed by atoms with Gasteiger partial charge < -0.3 is 19.4 Å². The number of aromatic nitrogens is 2. The van der Waals surface area contributed by atoms with Gasteiger partial charge in [-0.15, -0.1) is 0 Å². The molecule has 0 fully saturated rings. The van der Waals surface area contributed by atoms with Crippen LogP contribution < -0.4 is 10.1 Å². The fourth-order valence-corrected chi connectivity index (χ4v) is 2.29. The Hall–Kier alpha value is -2.02. The molecule has 2 rings (SSSR count). The smallest absolute Gasteiger partial charge is 0.407 e. The topological polar surface area (TPSA) is 65.4 Å². The molecule has 2 aromatic rings. The Bertz CT molecular complexity index is 680. The zero-order valence-electron chi connectivity index (χ0n) is 14.1. The Balaban J connectivity index is 1.80. The number of amides is 1. The molecule has 0 atom stereocenters. The minimum atomic E-state index is -0.488. The van der Waals surface area contributed by atoms with E-state index in [1.165, 1.54) is 0 Å². The molecule has 6 nitrogen and oxygen atoms in total. The Morgan fingerprint density at radius 2 is 2.08 bits per heavy atom. The molecule has 130 valence electrons. The van der Waals surface area contributed by atoms with Crippen LogP contribution in [0.25, 0.3) is 5.69 Å². The van der Waals surface area contributed by atoms with Crippen LogP contribution in [0.3, 0.4) is 0 Å². The average molecular weight is 396 g/mol. The molecule has 0 aliphatic carbocycles. The maximum absolute atomic E-state index is 11.5. The van der Waals surface area contributed by atoms with Crippen LogP contribution in [0.4, 0.5) is 4.79 Å². The van der Waals surface area contributed by atoms with E-state index in [-0.39, 0.29) is 0 Å². The second kappa shape index (κ2) is 8.19. The summed E-state index contributed by atoms with van der Waals surface area (Å²) in [5.74, 6) is 0.764. The number of alkyl carbamates (subject to hydrolysis) is 1. The first-order chi connectivity index (χ1) is 11.3. The normalized spacial score (nSPS) is 11.2. The van der Waals surface area contributed by atoms with Crippen LogP contribution in [0.2, 0.25) is 0 Å². The Morgan fingerprint density at radius 1 is 1.33 bits per heavy atom. The maximum atomic E-state index is 11.5. The van der Waals surface area contributed by atoms with Crippen LogP contribution in [0.1, 0.15) is 27.2 Å². The highest BCUT2D eigenvalue weighted by Gasteiger charge is 2.15. The van der Waals surface area contributed by atoms with Crippen LogP contribution >= 0.6 is 15.9 Å². The van der Waals surface area contributed by atoms with Gasteiger partial charge in [-0.3, -0.25) is 0 Å². The molecule has 1 amide bonds. The van der Waals surface area contributed by atoms with Gasteiger partial charge in [0.2, 0.25) is 0 Å². The molecule has 24 heavy (non-hydrogen) atoms. The summed E-state index contributed by atoms with van der Waals surface area (Å²) >= 11 is 3.34. The second-order valence-corrected chi connectivity index (χ2v) is 7.01. The number of ether oxygens (including phenoxy) is 2. The Morgan fingerprint density at radius 3 is 2.75 bits per heavy atom. The highest BCUT2D eigenvalue weighted by molar-refractivity contribution is 9.10. The molecule has 1 heterocycles. The van der Waals surface area contributed by atoms with Crippen LogP contribution in [0.5, 0.6) is 5.75 Å². The number of hydrogen-bond donors (Lipinski definition) is 1. The molecular weight excluding hydrogens is 374 g/mol. The largest absolute Gasteiger partial charge is 0.491 e. The monoisotopic (exact) mass is 395 g/mol. The van der Waals surface area contributed by atoms with Gasteiger partial charge in [-0.2, -0.15) is 0 Å². The Labute approximate surface area is 150 Å². The predicted octanol–water partition coefficient (Wildman–Crippen LogP) is 3.93. The SMILES string of the molecule is CC(C)(C)OC(=O)NCCCOc1ccccc1-n1cnc(Br)c1. The number of nitrogens with one attached hydrogen (secondary N) is 1. The zero-order valence-corrected chi connectivity index (χ0v) is 15.7. The molecule has 0 saturated carbocycles. The van der Waals surface area contributed by atoms with E-state index in [2.05, 4.69) is 26.2 Å². The minimum absolute atomic E-state index is 0.411. The standard InChI is InChI=1S/C17H22BrN3O3/c1-17(2,3)24-16(22)19-9-6-10-23-14-8-5-4-7-13(14)21-11-15(18)20-12-21/h4-5,7-8,11-12H,6,9-10H2,1-3H3,(H,19,22). The van der Waals surface area contributed by atoms with Gasteiger partial charge in [0, 0.05) is 12.7 Å². The summed E-state index contributed by atoms with van der Waals surface area (Å²) in [6.45, 7) is 6.49. The molecule has 0 unspecified atom stereocenters. The van der Waals surface area contributed by atoms with E-state index >= 15 is 0 Å². The molecule has 0 spiro atoms. The van der Waals surface area contributed by atoms with Crippen molar-refractivity contribution in [3.63, 3.8) is 0 Å². The lowest BCUT2D eigenvalue weighted by molar-refractivity contribution is 0.0525. The number of benzene rings is 1. The fraction of sp³-hybridized carbons (Fsp3) is 0.412. The first kappa shape index (κ1) is 18.3. The predicted molar refractivity (Wildman–Crippen MR) is 95.6 cm³/mol. The summed E-state index contributed by atoms with van der Waals surface area (Å²) in [7, 11) is 0. The fourth-order valence-electron chi connectivity index (χ4n) is 1.98. The number of hydrogen-bond acceptors (Lipinski definition) is 4. The van der Waals surface area contributed by atoms with Crippen LogP contribution in [0.15, 0.2) is 41.4 Å². The third-order valence-corrected chi connectivity index (χ3v) is 3.35. The maximum Gasteiger partial charge on any atom is 0.407 e. The number of para-hydroxylation sites is 2. The molecule has 1 aromatic carbocycles. The summed E-state index contributed by atoms with van der Waals surface area (Å²) in [4.78, 5) is 15.7. The lowest BCUT2D eigenvalue weighted by atomic mass is 10.2. The van der Waals surface area contributed by atoms with Gasteiger partial charge in [0.1, 0.15) is 22.3 Å². The lowest BCUT2D eigenvalue weighted by Gasteiger charge is -2.19. The third-order valence-electron chi connectivity index (χ3n) is 2.94. The van der Waals surface area contributed by atoms with Crippen molar-refractivity contribution in [3.8, 4) is 11.4 Å². The molecule has 0 radical (unpaired) electrons. The first-order valence-corrected chi connectivity index (χ1v) is 8.53. The van der Waals surface area contributed by atoms with Crippen molar-refractivity contribution in [1.82, 2.24) is 14.9 Å². The number of carbonyl (C=O) groups excluding carboxylic acids is 1. The third kappa shape index (κ3) is 5.88. The summed E-state index contributed by atoms with van der Waals surface area (Å²) in [5.41, 5.74) is 0.425. The van der Waals surface area contributed by atoms with Crippen molar-refractivity contribution in [2.45, 2.75) is 32.8 Å². The van der Waals surface area contributed by atoms with Gasteiger partial charge in [0.05, 0.1) is 12.3 Å².